The van der Waals surface area contributed by atoms with Crippen LogP contribution in [-0.2, 0) is 16.0 Å². The summed E-state index contributed by atoms with van der Waals surface area (Å²) in [6.45, 7) is 1.48. The summed E-state index contributed by atoms with van der Waals surface area (Å²) in [5.41, 5.74) is 1.64. The van der Waals surface area contributed by atoms with E-state index in [2.05, 4.69) is 10.3 Å². The molecule has 0 aliphatic carbocycles. The number of rotatable bonds is 7. The Bertz CT molecular complexity index is 765. The predicted molar refractivity (Wildman–Crippen MR) is 99.6 cm³/mol. The van der Waals surface area contributed by atoms with Gasteiger partial charge in [-0.05, 0) is 18.1 Å². The van der Waals surface area contributed by atoms with Gasteiger partial charge in [0.15, 0.2) is 0 Å². The van der Waals surface area contributed by atoms with E-state index < -0.39 is 0 Å². The number of nitrogens with one attached hydrogen (secondary N) is 1. The number of hydrogen-bond donors (Lipinski definition) is 1. The summed E-state index contributed by atoms with van der Waals surface area (Å²) in [6, 6.07) is 13.3. The molecule has 1 aromatic heterocycles. The molecule has 1 N–H and O–H groups in total. The Balaban J connectivity index is 1.48. The number of methoxy groups -OCH3 is 1. The van der Waals surface area contributed by atoms with E-state index >= 15 is 0 Å². The highest BCUT2D eigenvalue weighted by atomic mass is 16.5. The maximum absolute atomic E-state index is 12.2. The summed E-state index contributed by atoms with van der Waals surface area (Å²) >= 11 is 0. The van der Waals surface area contributed by atoms with Gasteiger partial charge in [0.2, 0.25) is 11.8 Å². The number of morpholine rings is 1. The first-order valence-corrected chi connectivity index (χ1v) is 8.87. The van der Waals surface area contributed by atoms with Crippen LogP contribution in [0.5, 0.6) is 5.88 Å². The molecule has 1 fully saturated rings. The first kappa shape index (κ1) is 18.8. The third-order valence-electron chi connectivity index (χ3n) is 4.43. The van der Waals surface area contributed by atoms with E-state index in [1.54, 1.807) is 17.0 Å². The fourth-order valence-electron chi connectivity index (χ4n) is 2.87. The molecule has 0 saturated carbocycles. The third-order valence-corrected chi connectivity index (χ3v) is 4.43. The molecule has 1 unspecified atom stereocenters. The lowest BCUT2D eigenvalue weighted by Crippen LogP contribution is -2.51. The number of amides is 2. The van der Waals surface area contributed by atoms with Gasteiger partial charge in [0.1, 0.15) is 6.61 Å². The molecule has 2 aromatic rings. The average Bonchev–Trinajstić information content (AvgIpc) is 2.72. The monoisotopic (exact) mass is 369 g/mol. The van der Waals surface area contributed by atoms with Gasteiger partial charge >= 0.3 is 0 Å². The smallest absolute Gasteiger partial charge is 0.252 e. The van der Waals surface area contributed by atoms with Crippen molar-refractivity contribution in [3.63, 3.8) is 0 Å². The lowest BCUT2D eigenvalue weighted by molar-refractivity contribution is -0.148. The van der Waals surface area contributed by atoms with E-state index in [-0.39, 0.29) is 24.5 Å². The molecule has 0 radical (unpaired) electrons. The predicted octanol–water partition coefficient (Wildman–Crippen LogP) is 1.29. The molecule has 2 amide bonds. The number of pyridine rings is 1. The minimum absolute atomic E-state index is 0.0205. The number of nitrogens with zero attached hydrogens (tertiary/aromatic N) is 2. The summed E-state index contributed by atoms with van der Waals surface area (Å²) in [4.78, 5) is 30.1. The molecule has 7 heteroatoms. The number of carbonyl (C=O) groups is 2. The van der Waals surface area contributed by atoms with E-state index in [0.717, 1.165) is 6.42 Å². The van der Waals surface area contributed by atoms with Gasteiger partial charge in [0, 0.05) is 31.9 Å². The van der Waals surface area contributed by atoms with Crippen molar-refractivity contribution in [3.8, 4) is 5.88 Å². The zero-order valence-corrected chi connectivity index (χ0v) is 15.3. The van der Waals surface area contributed by atoms with Gasteiger partial charge in [-0.2, -0.15) is 0 Å². The van der Waals surface area contributed by atoms with Gasteiger partial charge in [0.25, 0.3) is 5.91 Å². The van der Waals surface area contributed by atoms with Crippen LogP contribution in [0.25, 0.3) is 0 Å². The first-order valence-electron chi connectivity index (χ1n) is 8.87. The Morgan fingerprint density at radius 3 is 2.81 bits per heavy atom. The molecule has 0 bridgehead atoms. The van der Waals surface area contributed by atoms with Crippen molar-refractivity contribution in [3.05, 3.63) is 59.8 Å². The van der Waals surface area contributed by atoms with Crippen molar-refractivity contribution in [2.75, 3.05) is 33.4 Å². The van der Waals surface area contributed by atoms with E-state index in [9.17, 15) is 9.59 Å². The highest BCUT2D eigenvalue weighted by Gasteiger charge is 2.26. The highest BCUT2D eigenvalue weighted by molar-refractivity contribution is 5.93. The zero-order valence-electron chi connectivity index (χ0n) is 15.3. The second-order valence-corrected chi connectivity index (χ2v) is 6.31. The Morgan fingerprint density at radius 2 is 2.11 bits per heavy atom. The zero-order chi connectivity index (χ0) is 19.1. The van der Waals surface area contributed by atoms with Crippen molar-refractivity contribution in [1.82, 2.24) is 15.2 Å². The highest BCUT2D eigenvalue weighted by Crippen LogP contribution is 2.10. The standard InChI is InChI=1S/C20H23N3O4/c1-26-18-8-7-16(11-21-18)20(25)22-12-17-13-23(19(24)14-27-17)10-9-15-5-3-2-4-6-15/h2-8,11,17H,9-10,12-14H2,1H3,(H,22,25). The first-order chi connectivity index (χ1) is 13.2. The largest absolute Gasteiger partial charge is 0.481 e. The number of carbonyl (C=O) groups excluding carboxylic acids is 2. The second kappa shape index (κ2) is 9.14. The molecule has 0 spiro atoms. The maximum atomic E-state index is 12.2. The Hall–Kier alpha value is -2.93. The Kier molecular flexibility index (Phi) is 6.38. The minimum atomic E-state index is -0.235. The van der Waals surface area contributed by atoms with Crippen LogP contribution >= 0.6 is 0 Å². The molecule has 1 aliphatic rings. The van der Waals surface area contributed by atoms with Crippen LogP contribution in [0.2, 0.25) is 0 Å². The van der Waals surface area contributed by atoms with Gasteiger partial charge in [0.05, 0.1) is 18.8 Å². The van der Waals surface area contributed by atoms with Gasteiger partial charge in [-0.15, -0.1) is 0 Å². The van der Waals surface area contributed by atoms with E-state index in [0.29, 0.717) is 31.1 Å². The minimum Gasteiger partial charge on any atom is -0.481 e. The van der Waals surface area contributed by atoms with Crippen LogP contribution in [-0.4, -0.2) is 61.2 Å². The molecule has 142 valence electrons. The van der Waals surface area contributed by atoms with E-state index in [4.69, 9.17) is 9.47 Å². The molecular weight excluding hydrogens is 346 g/mol. The number of benzene rings is 1. The van der Waals surface area contributed by atoms with Crippen molar-refractivity contribution in [1.29, 1.82) is 0 Å². The number of hydrogen-bond acceptors (Lipinski definition) is 5. The topological polar surface area (TPSA) is 80.8 Å². The van der Waals surface area contributed by atoms with Crippen LogP contribution in [0.1, 0.15) is 15.9 Å². The van der Waals surface area contributed by atoms with Crippen LogP contribution < -0.4 is 10.1 Å². The average molecular weight is 369 g/mol. The summed E-state index contributed by atoms with van der Waals surface area (Å²) in [5, 5.41) is 2.83. The fourth-order valence-corrected chi connectivity index (χ4v) is 2.87. The fraction of sp³-hybridized carbons (Fsp3) is 0.350. The molecule has 1 aromatic carbocycles. The van der Waals surface area contributed by atoms with Crippen molar-refractivity contribution < 1.29 is 19.1 Å². The van der Waals surface area contributed by atoms with Gasteiger partial charge in [-0.3, -0.25) is 9.59 Å². The molecular formula is C20H23N3O4. The molecule has 2 heterocycles. The van der Waals surface area contributed by atoms with E-state index in [1.807, 2.05) is 30.3 Å². The van der Waals surface area contributed by atoms with Crippen molar-refractivity contribution in [2.24, 2.45) is 0 Å². The SMILES string of the molecule is COc1ccc(C(=O)NCC2CN(CCc3ccccc3)C(=O)CO2)cn1. The molecule has 3 rings (SSSR count). The van der Waals surface area contributed by atoms with Crippen LogP contribution in [0, 0.1) is 0 Å². The summed E-state index contributed by atoms with van der Waals surface area (Å²) in [6.07, 6.45) is 2.03. The van der Waals surface area contributed by atoms with E-state index in [1.165, 1.54) is 18.9 Å². The third kappa shape index (κ3) is 5.27. The van der Waals surface area contributed by atoms with Crippen LogP contribution in [0.15, 0.2) is 48.7 Å². The Labute approximate surface area is 158 Å². The summed E-state index contributed by atoms with van der Waals surface area (Å²) < 4.78 is 10.5. The number of ether oxygens (including phenoxy) is 2. The lowest BCUT2D eigenvalue weighted by atomic mass is 10.1. The molecule has 1 atom stereocenters. The molecule has 7 nitrogen and oxygen atoms in total. The Morgan fingerprint density at radius 1 is 1.30 bits per heavy atom. The van der Waals surface area contributed by atoms with Crippen LogP contribution in [0.3, 0.4) is 0 Å². The van der Waals surface area contributed by atoms with Gasteiger partial charge in [-0.1, -0.05) is 30.3 Å². The summed E-state index contributed by atoms with van der Waals surface area (Å²) in [7, 11) is 1.52. The quantitative estimate of drug-likeness (QED) is 0.795. The van der Waals surface area contributed by atoms with Gasteiger partial charge < -0.3 is 19.7 Å². The van der Waals surface area contributed by atoms with Crippen molar-refractivity contribution in [2.45, 2.75) is 12.5 Å². The van der Waals surface area contributed by atoms with Crippen LogP contribution in [0.4, 0.5) is 0 Å². The van der Waals surface area contributed by atoms with Crippen molar-refractivity contribution >= 4 is 11.8 Å². The molecule has 1 aliphatic heterocycles. The second-order valence-electron chi connectivity index (χ2n) is 6.31. The molecule has 27 heavy (non-hydrogen) atoms. The summed E-state index contributed by atoms with van der Waals surface area (Å²) in [5.74, 6) is 0.198. The normalized spacial score (nSPS) is 16.9. The number of aromatic nitrogens is 1. The van der Waals surface area contributed by atoms with Gasteiger partial charge in [-0.25, -0.2) is 4.98 Å². The lowest BCUT2D eigenvalue weighted by Gasteiger charge is -2.33. The molecule has 1 saturated heterocycles. The maximum Gasteiger partial charge on any atom is 0.252 e.